The number of benzene rings is 1. The second kappa shape index (κ2) is 7.64. The van der Waals surface area contributed by atoms with Crippen LogP contribution in [-0.2, 0) is 9.53 Å². The van der Waals surface area contributed by atoms with Crippen LogP contribution in [0.25, 0.3) is 0 Å². The number of esters is 1. The van der Waals surface area contributed by atoms with Gasteiger partial charge in [-0.05, 0) is 44.9 Å². The fraction of sp³-hybridized carbons (Fsp3) is 0.400. The number of nitrogens with zero attached hydrogens (tertiary/aromatic N) is 1. The second-order valence-electron chi connectivity index (χ2n) is 6.41. The summed E-state index contributed by atoms with van der Waals surface area (Å²) in [6, 6.07) is 9.40. The summed E-state index contributed by atoms with van der Waals surface area (Å²) in [6.45, 7) is 3.36. The number of para-hydroxylation sites is 2. The molecule has 0 bridgehead atoms. The van der Waals surface area contributed by atoms with Crippen LogP contribution in [0.4, 0.5) is 0 Å². The highest BCUT2D eigenvalue weighted by Gasteiger charge is 2.28. The summed E-state index contributed by atoms with van der Waals surface area (Å²) in [4.78, 5) is 24.3. The third-order valence-electron chi connectivity index (χ3n) is 4.48. The van der Waals surface area contributed by atoms with E-state index in [1.165, 1.54) is 7.11 Å². The molecular weight excluding hydrogens is 334 g/mol. The Balaban J connectivity index is 1.53. The van der Waals surface area contributed by atoms with Gasteiger partial charge in [0.25, 0.3) is 0 Å². The number of hydrogen-bond donors (Lipinski definition) is 0. The molecule has 2 aromatic rings. The van der Waals surface area contributed by atoms with Crippen molar-refractivity contribution >= 4 is 11.8 Å². The van der Waals surface area contributed by atoms with Crippen molar-refractivity contribution in [2.45, 2.75) is 32.7 Å². The molecule has 1 aromatic heterocycles. The average molecular weight is 357 g/mol. The van der Waals surface area contributed by atoms with Crippen LogP contribution in [0.15, 0.2) is 30.3 Å². The molecular formula is C20H23NO5. The molecule has 26 heavy (non-hydrogen) atoms. The Morgan fingerprint density at radius 3 is 2.46 bits per heavy atom. The molecule has 3 rings (SSSR count). The van der Waals surface area contributed by atoms with Crippen molar-refractivity contribution in [2.75, 3.05) is 20.3 Å². The van der Waals surface area contributed by atoms with E-state index in [1.54, 1.807) is 24.3 Å². The molecule has 0 amide bonds. The standard InChI is InChI=1S/C20H23NO5/c1-13-10-16(14(2)21(13)15-8-9-15)17(22)11-26-20(23)12-25-19-7-5-4-6-18(19)24-3/h4-7,10,15H,8-9,11-12H2,1-3H3. The van der Waals surface area contributed by atoms with Crippen molar-refractivity contribution in [2.24, 2.45) is 0 Å². The fourth-order valence-electron chi connectivity index (χ4n) is 3.09. The van der Waals surface area contributed by atoms with E-state index < -0.39 is 5.97 Å². The zero-order valence-corrected chi connectivity index (χ0v) is 15.3. The number of ether oxygens (including phenoxy) is 3. The summed E-state index contributed by atoms with van der Waals surface area (Å²) < 4.78 is 17.8. The number of rotatable bonds is 8. The third kappa shape index (κ3) is 3.90. The van der Waals surface area contributed by atoms with E-state index in [9.17, 15) is 9.59 Å². The number of aromatic nitrogens is 1. The Hall–Kier alpha value is -2.76. The smallest absolute Gasteiger partial charge is 0.344 e. The molecule has 0 unspecified atom stereocenters. The van der Waals surface area contributed by atoms with Crippen LogP contribution in [0, 0.1) is 13.8 Å². The first-order valence-corrected chi connectivity index (χ1v) is 8.64. The zero-order valence-electron chi connectivity index (χ0n) is 15.3. The van der Waals surface area contributed by atoms with Gasteiger partial charge in [0.15, 0.2) is 24.7 Å². The van der Waals surface area contributed by atoms with Gasteiger partial charge in [-0.25, -0.2) is 4.79 Å². The number of aryl methyl sites for hydroxylation is 1. The van der Waals surface area contributed by atoms with Gasteiger partial charge in [0.1, 0.15) is 0 Å². The van der Waals surface area contributed by atoms with Gasteiger partial charge in [-0.3, -0.25) is 4.79 Å². The van der Waals surface area contributed by atoms with Gasteiger partial charge in [-0.1, -0.05) is 12.1 Å². The lowest BCUT2D eigenvalue weighted by Crippen LogP contribution is -2.20. The molecule has 1 saturated carbocycles. The molecule has 0 saturated heterocycles. The van der Waals surface area contributed by atoms with Crippen LogP contribution >= 0.6 is 0 Å². The SMILES string of the molecule is COc1ccccc1OCC(=O)OCC(=O)c1cc(C)n(C2CC2)c1C. The van der Waals surface area contributed by atoms with Crippen LogP contribution in [0.3, 0.4) is 0 Å². The van der Waals surface area contributed by atoms with Gasteiger partial charge in [0.2, 0.25) is 5.78 Å². The van der Waals surface area contributed by atoms with E-state index in [2.05, 4.69) is 4.57 Å². The van der Waals surface area contributed by atoms with Crippen LogP contribution in [0.2, 0.25) is 0 Å². The summed E-state index contributed by atoms with van der Waals surface area (Å²) in [5.74, 6) is 0.186. The van der Waals surface area contributed by atoms with E-state index in [1.807, 2.05) is 19.9 Å². The quantitative estimate of drug-likeness (QED) is 0.536. The highest BCUT2D eigenvalue weighted by atomic mass is 16.6. The minimum atomic E-state index is -0.597. The van der Waals surface area contributed by atoms with E-state index in [0.717, 1.165) is 24.2 Å². The highest BCUT2D eigenvalue weighted by molar-refractivity contribution is 5.99. The van der Waals surface area contributed by atoms with Crippen LogP contribution < -0.4 is 9.47 Å². The molecule has 6 heteroatoms. The van der Waals surface area contributed by atoms with Crippen molar-refractivity contribution in [3.05, 3.63) is 47.3 Å². The summed E-state index contributed by atoms with van der Waals surface area (Å²) in [7, 11) is 1.53. The fourth-order valence-corrected chi connectivity index (χ4v) is 3.09. The molecule has 0 spiro atoms. The molecule has 138 valence electrons. The predicted octanol–water partition coefficient (Wildman–Crippen LogP) is 3.25. The summed E-state index contributed by atoms with van der Waals surface area (Å²) >= 11 is 0. The van der Waals surface area contributed by atoms with Crippen LogP contribution in [0.1, 0.15) is 40.6 Å². The van der Waals surface area contributed by atoms with E-state index in [4.69, 9.17) is 14.2 Å². The molecule has 1 aliphatic carbocycles. The normalized spacial score (nSPS) is 13.3. The van der Waals surface area contributed by atoms with Crippen molar-refractivity contribution in [3.63, 3.8) is 0 Å². The highest BCUT2D eigenvalue weighted by Crippen LogP contribution is 2.38. The molecule has 1 fully saturated rings. The van der Waals surface area contributed by atoms with Gasteiger partial charge < -0.3 is 18.8 Å². The van der Waals surface area contributed by atoms with E-state index in [0.29, 0.717) is 23.1 Å². The maximum atomic E-state index is 12.4. The molecule has 0 N–H and O–H groups in total. The number of methoxy groups -OCH3 is 1. The van der Waals surface area contributed by atoms with Gasteiger partial charge in [-0.2, -0.15) is 0 Å². The lowest BCUT2D eigenvalue weighted by atomic mass is 10.1. The Bertz CT molecular complexity index is 820. The number of Topliss-reactive ketones (excluding diaryl/α,β-unsaturated/α-hetero) is 1. The Morgan fingerprint density at radius 1 is 1.12 bits per heavy atom. The maximum Gasteiger partial charge on any atom is 0.344 e. The monoisotopic (exact) mass is 357 g/mol. The maximum absolute atomic E-state index is 12.4. The Morgan fingerprint density at radius 2 is 1.81 bits per heavy atom. The van der Waals surface area contributed by atoms with Crippen LogP contribution in [-0.4, -0.2) is 36.6 Å². The molecule has 1 aromatic carbocycles. The lowest BCUT2D eigenvalue weighted by Gasteiger charge is -2.10. The van der Waals surface area contributed by atoms with Crippen LogP contribution in [0.5, 0.6) is 11.5 Å². The first-order chi connectivity index (χ1) is 12.5. The zero-order chi connectivity index (χ0) is 18.7. The van der Waals surface area contributed by atoms with E-state index in [-0.39, 0.29) is 19.0 Å². The molecule has 1 aliphatic rings. The van der Waals surface area contributed by atoms with Crippen molar-refractivity contribution in [1.29, 1.82) is 0 Å². The Labute approximate surface area is 152 Å². The van der Waals surface area contributed by atoms with Crippen molar-refractivity contribution < 1.29 is 23.8 Å². The number of carbonyl (C=O) groups excluding carboxylic acids is 2. The second-order valence-corrected chi connectivity index (χ2v) is 6.41. The number of ketones is 1. The largest absolute Gasteiger partial charge is 0.493 e. The molecule has 0 atom stereocenters. The number of hydrogen-bond acceptors (Lipinski definition) is 5. The van der Waals surface area contributed by atoms with Gasteiger partial charge in [-0.15, -0.1) is 0 Å². The summed E-state index contributed by atoms with van der Waals surface area (Å²) in [6.07, 6.45) is 2.30. The summed E-state index contributed by atoms with van der Waals surface area (Å²) in [5, 5.41) is 0. The molecule has 0 radical (unpaired) electrons. The number of carbonyl (C=O) groups is 2. The first kappa shape index (κ1) is 18.0. The van der Waals surface area contributed by atoms with Gasteiger partial charge in [0, 0.05) is 23.0 Å². The minimum Gasteiger partial charge on any atom is -0.493 e. The Kier molecular flexibility index (Phi) is 5.30. The van der Waals surface area contributed by atoms with E-state index >= 15 is 0 Å². The van der Waals surface area contributed by atoms with Crippen molar-refractivity contribution in [1.82, 2.24) is 4.57 Å². The molecule has 0 aliphatic heterocycles. The first-order valence-electron chi connectivity index (χ1n) is 8.64. The lowest BCUT2D eigenvalue weighted by molar-refractivity contribution is -0.144. The predicted molar refractivity (Wildman–Crippen MR) is 96.0 cm³/mol. The minimum absolute atomic E-state index is 0.198. The molecule has 1 heterocycles. The van der Waals surface area contributed by atoms with Crippen molar-refractivity contribution in [3.8, 4) is 11.5 Å². The molecule has 6 nitrogen and oxygen atoms in total. The van der Waals surface area contributed by atoms with Gasteiger partial charge >= 0.3 is 5.97 Å². The topological polar surface area (TPSA) is 66.8 Å². The average Bonchev–Trinajstić information content (AvgIpc) is 3.42. The van der Waals surface area contributed by atoms with Gasteiger partial charge in [0.05, 0.1) is 7.11 Å². The third-order valence-corrected chi connectivity index (χ3v) is 4.48. The summed E-state index contributed by atoms with van der Waals surface area (Å²) in [5.41, 5.74) is 2.63.